The fourth-order valence-electron chi connectivity index (χ4n) is 0. The SMILES string of the molecule is N.[C-]#N.[C-]#N.[Co+2]. The Kier molecular flexibility index (Phi) is 1480. The van der Waals surface area contributed by atoms with Gasteiger partial charge in [-0.15, -0.1) is 0 Å². The second-order valence-corrected chi connectivity index (χ2v) is 0. The van der Waals surface area contributed by atoms with Crippen molar-refractivity contribution in [2.75, 3.05) is 0 Å². The molecule has 0 aromatic carbocycles. The molecule has 0 unspecified atom stereocenters. The van der Waals surface area contributed by atoms with Crippen LogP contribution >= 0.6 is 0 Å². The largest absolute Gasteiger partial charge is 2.00 e. The Morgan fingerprint density at radius 1 is 0.833 bits per heavy atom. The summed E-state index contributed by atoms with van der Waals surface area (Å²) in [5.41, 5.74) is 0. The minimum Gasteiger partial charge on any atom is -0.512 e. The van der Waals surface area contributed by atoms with Gasteiger partial charge >= 0.3 is 16.8 Å². The maximum absolute atomic E-state index is 6.25. The van der Waals surface area contributed by atoms with Crippen molar-refractivity contribution in [3.8, 4) is 0 Å². The van der Waals surface area contributed by atoms with Gasteiger partial charge in [-0.05, 0) is 0 Å². The fraction of sp³-hybridized carbons (Fsp3) is 0. The first-order valence-corrected chi connectivity index (χ1v) is 0.447. The van der Waals surface area contributed by atoms with Crippen molar-refractivity contribution in [2.24, 2.45) is 0 Å². The number of rotatable bonds is 0. The zero-order chi connectivity index (χ0) is 4.00. The normalized spacial score (nSPS) is 0.667. The molecule has 0 amide bonds. The molecule has 0 heterocycles. The van der Waals surface area contributed by atoms with Crippen molar-refractivity contribution >= 4 is 0 Å². The summed E-state index contributed by atoms with van der Waals surface area (Å²) in [6.45, 7) is 9.50. The van der Waals surface area contributed by atoms with Crippen LogP contribution in [0.5, 0.6) is 0 Å². The van der Waals surface area contributed by atoms with Crippen LogP contribution in [0.4, 0.5) is 0 Å². The van der Waals surface area contributed by atoms with Crippen LogP contribution < -0.4 is 6.15 Å². The molecule has 3 nitrogen and oxygen atoms in total. The summed E-state index contributed by atoms with van der Waals surface area (Å²) in [6.07, 6.45) is 0. The van der Waals surface area contributed by atoms with Crippen molar-refractivity contribution in [1.82, 2.24) is 6.15 Å². The maximum atomic E-state index is 6.25. The van der Waals surface area contributed by atoms with E-state index in [1.54, 1.807) is 0 Å². The van der Waals surface area contributed by atoms with Crippen LogP contribution in [0.2, 0.25) is 0 Å². The standard InChI is InChI=1S/2CN.Co.H3N/c2*1-2;;/h;;;1H3/q2*-1;+2;. The minimum absolute atomic E-state index is 0. The van der Waals surface area contributed by atoms with Crippen LogP contribution in [0.1, 0.15) is 0 Å². The molecule has 0 rings (SSSR count). The molecule has 6 heavy (non-hydrogen) atoms. The second-order valence-electron chi connectivity index (χ2n) is 0. The maximum Gasteiger partial charge on any atom is 2.00 e. The van der Waals surface area contributed by atoms with Crippen molar-refractivity contribution in [3.05, 3.63) is 13.1 Å². The molecular formula is C2H3CoN3. The molecule has 1 radical (unpaired) electrons. The van der Waals surface area contributed by atoms with Gasteiger partial charge in [-0.25, -0.2) is 0 Å². The summed E-state index contributed by atoms with van der Waals surface area (Å²) < 4.78 is 0. The molecule has 4 heteroatoms. The van der Waals surface area contributed by atoms with Gasteiger partial charge in [0.05, 0.1) is 0 Å². The Labute approximate surface area is 47.4 Å². The summed E-state index contributed by atoms with van der Waals surface area (Å²) in [7, 11) is 0. The third-order valence-electron chi connectivity index (χ3n) is 0. The Hall–Kier alpha value is -0.554. The van der Waals surface area contributed by atoms with Crippen LogP contribution in [0.15, 0.2) is 0 Å². The molecule has 0 bridgehead atoms. The van der Waals surface area contributed by atoms with Gasteiger partial charge < -0.3 is 29.8 Å². The molecule has 0 spiro atoms. The third kappa shape index (κ3) is 67.3. The quantitative estimate of drug-likeness (QED) is 0.477. The third-order valence-corrected chi connectivity index (χ3v) is 0. The molecule has 3 N–H and O–H groups in total. The van der Waals surface area contributed by atoms with E-state index in [2.05, 4.69) is 0 Å². The predicted molar refractivity (Wildman–Crippen MR) is 15.0 cm³/mol. The van der Waals surface area contributed by atoms with Gasteiger partial charge in [-0.2, -0.15) is 0 Å². The molecule has 0 aliphatic heterocycles. The number of hydrogen-bond acceptors (Lipinski definition) is 3. The Morgan fingerprint density at radius 2 is 0.833 bits per heavy atom. The van der Waals surface area contributed by atoms with Gasteiger partial charge in [-0.1, -0.05) is 0 Å². The van der Waals surface area contributed by atoms with Crippen molar-refractivity contribution in [2.45, 2.75) is 0 Å². The van der Waals surface area contributed by atoms with E-state index in [9.17, 15) is 0 Å². The summed E-state index contributed by atoms with van der Waals surface area (Å²) in [4.78, 5) is 0. The Morgan fingerprint density at radius 3 is 0.833 bits per heavy atom. The summed E-state index contributed by atoms with van der Waals surface area (Å²) in [5.74, 6) is 0. The van der Waals surface area contributed by atoms with E-state index in [1.807, 2.05) is 0 Å². The van der Waals surface area contributed by atoms with E-state index in [4.69, 9.17) is 23.7 Å². The van der Waals surface area contributed by atoms with Crippen LogP contribution in [-0.2, 0) is 16.8 Å². The van der Waals surface area contributed by atoms with Gasteiger partial charge in [0.1, 0.15) is 0 Å². The molecular weight excluding hydrogens is 125 g/mol. The minimum atomic E-state index is 0. The molecule has 0 aliphatic rings. The van der Waals surface area contributed by atoms with Crippen LogP contribution in [0.25, 0.3) is 0 Å². The van der Waals surface area contributed by atoms with Crippen molar-refractivity contribution in [1.29, 1.82) is 10.5 Å². The molecule has 0 saturated heterocycles. The van der Waals surface area contributed by atoms with Gasteiger partial charge in [0.2, 0.25) is 0 Å². The van der Waals surface area contributed by atoms with E-state index in [1.165, 1.54) is 0 Å². The molecule has 0 fully saturated rings. The van der Waals surface area contributed by atoms with E-state index < -0.39 is 0 Å². The Balaban J connectivity index is -0.00000000500. The van der Waals surface area contributed by atoms with Crippen LogP contribution in [-0.4, -0.2) is 0 Å². The van der Waals surface area contributed by atoms with E-state index in [-0.39, 0.29) is 22.9 Å². The zero-order valence-electron chi connectivity index (χ0n) is 2.93. The van der Waals surface area contributed by atoms with Crippen molar-refractivity contribution in [3.63, 3.8) is 0 Å². The van der Waals surface area contributed by atoms with E-state index >= 15 is 0 Å². The molecule has 0 saturated carbocycles. The topological polar surface area (TPSA) is 82.6 Å². The molecule has 35 valence electrons. The molecule has 0 aromatic heterocycles. The fourth-order valence-corrected chi connectivity index (χ4v) is 0. The second kappa shape index (κ2) is 172. The smallest absolute Gasteiger partial charge is 0.512 e. The zero-order valence-corrected chi connectivity index (χ0v) is 3.98. The Bertz CT molecular complexity index is 24.3. The van der Waals surface area contributed by atoms with E-state index in [0.29, 0.717) is 0 Å². The summed E-state index contributed by atoms with van der Waals surface area (Å²) >= 11 is 0. The van der Waals surface area contributed by atoms with Gasteiger partial charge in [-0.3, -0.25) is 0 Å². The summed E-state index contributed by atoms with van der Waals surface area (Å²) in [5, 5.41) is 12.5. The molecule has 0 aromatic rings. The first-order chi connectivity index (χ1) is 2.00. The number of hydrogen-bond donors (Lipinski definition) is 1. The average Bonchev–Trinajstić information content (AvgIpc) is 1.50. The van der Waals surface area contributed by atoms with Gasteiger partial charge in [0.15, 0.2) is 0 Å². The predicted octanol–water partition coefficient (Wildman–Crippen LogP) is 0.352. The molecule has 0 atom stereocenters. The average molecular weight is 128 g/mol. The first kappa shape index (κ1) is 51.5. The summed E-state index contributed by atoms with van der Waals surface area (Å²) in [6, 6.07) is 0. The van der Waals surface area contributed by atoms with Crippen molar-refractivity contribution < 1.29 is 16.8 Å². The molecule has 0 aliphatic carbocycles. The van der Waals surface area contributed by atoms with Crippen LogP contribution in [0, 0.1) is 23.7 Å². The van der Waals surface area contributed by atoms with Gasteiger partial charge in [0.25, 0.3) is 0 Å². The van der Waals surface area contributed by atoms with Crippen LogP contribution in [0.3, 0.4) is 0 Å². The monoisotopic (exact) mass is 128 g/mol. The van der Waals surface area contributed by atoms with E-state index in [0.717, 1.165) is 0 Å². The number of nitrogens with zero attached hydrogens (tertiary/aromatic N) is 2. The van der Waals surface area contributed by atoms with Gasteiger partial charge in [0, 0.05) is 0 Å². The first-order valence-electron chi connectivity index (χ1n) is 0.447.